The van der Waals surface area contributed by atoms with E-state index in [0.717, 1.165) is 18.8 Å². The van der Waals surface area contributed by atoms with Crippen molar-refractivity contribution in [3.63, 3.8) is 0 Å². The van der Waals surface area contributed by atoms with Gasteiger partial charge in [-0.15, -0.1) is 0 Å². The van der Waals surface area contributed by atoms with Gasteiger partial charge in [0.15, 0.2) is 0 Å². The summed E-state index contributed by atoms with van der Waals surface area (Å²) in [7, 11) is 1.68. The van der Waals surface area contributed by atoms with Crippen molar-refractivity contribution < 1.29 is 4.79 Å². The second-order valence-electron chi connectivity index (χ2n) is 4.50. The monoisotopic (exact) mass is 248 g/mol. The molecule has 1 aliphatic heterocycles. The highest BCUT2D eigenvalue weighted by molar-refractivity contribution is 5.81. The average molecular weight is 248 g/mol. The first-order valence-corrected chi connectivity index (χ1v) is 6.33. The van der Waals surface area contributed by atoms with Crippen LogP contribution in [0.15, 0.2) is 24.4 Å². The minimum atomic E-state index is -0.124. The van der Waals surface area contributed by atoms with Crippen LogP contribution in [0.3, 0.4) is 0 Å². The van der Waals surface area contributed by atoms with Gasteiger partial charge in [-0.25, -0.2) is 0 Å². The first-order chi connectivity index (χ1) is 8.74. The van der Waals surface area contributed by atoms with E-state index in [4.69, 9.17) is 0 Å². The predicted octanol–water partition coefficient (Wildman–Crippen LogP) is 0.162. The van der Waals surface area contributed by atoms with Gasteiger partial charge in [0, 0.05) is 32.9 Å². The maximum Gasteiger partial charge on any atom is 0.238 e. The molecule has 0 spiro atoms. The van der Waals surface area contributed by atoms with Crippen molar-refractivity contribution in [1.29, 1.82) is 0 Å². The van der Waals surface area contributed by atoms with E-state index < -0.39 is 0 Å². The molecule has 1 aliphatic rings. The van der Waals surface area contributed by atoms with Crippen molar-refractivity contribution >= 4 is 5.91 Å². The van der Waals surface area contributed by atoms with E-state index in [9.17, 15) is 4.79 Å². The molecule has 2 N–H and O–H groups in total. The Morgan fingerprint density at radius 1 is 1.61 bits per heavy atom. The summed E-state index contributed by atoms with van der Waals surface area (Å²) in [6.07, 6.45) is 1.79. The SMILES string of the molecule is CNC(=O)C1CNCCN1C(C)c1ccccn1. The molecule has 1 saturated heterocycles. The zero-order valence-corrected chi connectivity index (χ0v) is 10.9. The first kappa shape index (κ1) is 13.0. The van der Waals surface area contributed by atoms with Gasteiger partial charge in [-0.2, -0.15) is 0 Å². The Morgan fingerprint density at radius 3 is 3.11 bits per heavy atom. The van der Waals surface area contributed by atoms with Gasteiger partial charge in [-0.1, -0.05) is 6.07 Å². The Kier molecular flexibility index (Phi) is 4.28. The summed E-state index contributed by atoms with van der Waals surface area (Å²) in [5.74, 6) is 0.0602. The summed E-state index contributed by atoms with van der Waals surface area (Å²) >= 11 is 0. The molecule has 2 heterocycles. The Hall–Kier alpha value is -1.46. The van der Waals surface area contributed by atoms with Crippen LogP contribution in [0.25, 0.3) is 0 Å². The molecule has 2 unspecified atom stereocenters. The summed E-state index contributed by atoms with van der Waals surface area (Å²) < 4.78 is 0. The van der Waals surface area contributed by atoms with Gasteiger partial charge in [0.05, 0.1) is 11.7 Å². The number of pyridine rings is 1. The van der Waals surface area contributed by atoms with Crippen LogP contribution < -0.4 is 10.6 Å². The minimum absolute atomic E-state index is 0.0602. The number of rotatable bonds is 3. The average Bonchev–Trinajstić information content (AvgIpc) is 2.46. The number of nitrogens with one attached hydrogen (secondary N) is 2. The quantitative estimate of drug-likeness (QED) is 0.800. The number of likely N-dealkylation sites (N-methyl/N-ethyl adjacent to an activating group) is 1. The number of carbonyl (C=O) groups is 1. The molecule has 1 aromatic rings. The molecule has 18 heavy (non-hydrogen) atoms. The highest BCUT2D eigenvalue weighted by Gasteiger charge is 2.32. The van der Waals surface area contributed by atoms with Crippen molar-refractivity contribution in [1.82, 2.24) is 20.5 Å². The van der Waals surface area contributed by atoms with Crippen molar-refractivity contribution in [2.75, 3.05) is 26.7 Å². The van der Waals surface area contributed by atoms with Gasteiger partial charge in [-0.05, 0) is 19.1 Å². The molecular weight excluding hydrogens is 228 g/mol. The minimum Gasteiger partial charge on any atom is -0.358 e. The van der Waals surface area contributed by atoms with Crippen LogP contribution in [0.5, 0.6) is 0 Å². The van der Waals surface area contributed by atoms with Crippen LogP contribution in [-0.2, 0) is 4.79 Å². The summed E-state index contributed by atoms with van der Waals surface area (Å²) in [5.41, 5.74) is 1.01. The second kappa shape index (κ2) is 5.93. The fourth-order valence-electron chi connectivity index (χ4n) is 2.39. The van der Waals surface area contributed by atoms with Crippen LogP contribution in [0.2, 0.25) is 0 Å². The Morgan fingerprint density at radius 2 is 2.44 bits per heavy atom. The maximum absolute atomic E-state index is 11.9. The lowest BCUT2D eigenvalue weighted by molar-refractivity contribution is -0.127. The molecule has 2 atom stereocenters. The molecular formula is C13H20N4O. The number of piperazine rings is 1. The lowest BCUT2D eigenvalue weighted by Crippen LogP contribution is -2.57. The Labute approximate surface area is 108 Å². The molecule has 0 bridgehead atoms. The van der Waals surface area contributed by atoms with Crippen molar-refractivity contribution in [2.45, 2.75) is 19.0 Å². The topological polar surface area (TPSA) is 57.3 Å². The van der Waals surface area contributed by atoms with Crippen molar-refractivity contribution in [2.24, 2.45) is 0 Å². The van der Waals surface area contributed by atoms with Crippen LogP contribution >= 0.6 is 0 Å². The van der Waals surface area contributed by atoms with Gasteiger partial charge in [0.2, 0.25) is 5.91 Å². The van der Waals surface area contributed by atoms with Gasteiger partial charge in [-0.3, -0.25) is 14.7 Å². The molecule has 1 aromatic heterocycles. The van der Waals surface area contributed by atoms with E-state index in [-0.39, 0.29) is 18.0 Å². The van der Waals surface area contributed by atoms with Crippen molar-refractivity contribution in [3.05, 3.63) is 30.1 Å². The van der Waals surface area contributed by atoms with Crippen LogP contribution in [0.1, 0.15) is 18.7 Å². The number of nitrogens with zero attached hydrogens (tertiary/aromatic N) is 2. The molecule has 0 radical (unpaired) electrons. The summed E-state index contributed by atoms with van der Waals surface area (Å²) in [6, 6.07) is 5.92. The highest BCUT2D eigenvalue weighted by atomic mass is 16.2. The normalized spacial score (nSPS) is 22.4. The van der Waals surface area contributed by atoms with Gasteiger partial charge in [0.25, 0.3) is 0 Å². The third kappa shape index (κ3) is 2.68. The third-order valence-electron chi connectivity index (χ3n) is 3.45. The van der Waals surface area contributed by atoms with Gasteiger partial charge < -0.3 is 10.6 Å². The number of hydrogen-bond donors (Lipinski definition) is 2. The van der Waals surface area contributed by atoms with Crippen LogP contribution in [0.4, 0.5) is 0 Å². The Bertz CT molecular complexity index is 395. The predicted molar refractivity (Wildman–Crippen MR) is 70.1 cm³/mol. The molecule has 0 aromatic carbocycles. The maximum atomic E-state index is 11.9. The van der Waals surface area contributed by atoms with Gasteiger partial charge >= 0.3 is 0 Å². The molecule has 5 heteroatoms. The van der Waals surface area contributed by atoms with Crippen LogP contribution in [-0.4, -0.2) is 48.5 Å². The molecule has 0 saturated carbocycles. The van der Waals surface area contributed by atoms with Gasteiger partial charge in [0.1, 0.15) is 6.04 Å². The highest BCUT2D eigenvalue weighted by Crippen LogP contribution is 2.21. The lowest BCUT2D eigenvalue weighted by atomic mass is 10.1. The third-order valence-corrected chi connectivity index (χ3v) is 3.45. The zero-order valence-electron chi connectivity index (χ0n) is 10.9. The standard InChI is InChI=1S/C13H20N4O/c1-10(11-5-3-4-6-16-11)17-8-7-15-9-12(17)13(18)14-2/h3-6,10,12,15H,7-9H2,1-2H3,(H,14,18). The number of aromatic nitrogens is 1. The Balaban J connectivity index is 2.16. The van der Waals surface area contributed by atoms with E-state index in [0.29, 0.717) is 6.54 Å². The smallest absolute Gasteiger partial charge is 0.238 e. The molecule has 2 rings (SSSR count). The number of amides is 1. The van der Waals surface area contributed by atoms with Crippen molar-refractivity contribution in [3.8, 4) is 0 Å². The molecule has 0 aliphatic carbocycles. The number of hydrogen-bond acceptors (Lipinski definition) is 4. The zero-order chi connectivity index (χ0) is 13.0. The number of carbonyl (C=O) groups excluding carboxylic acids is 1. The summed E-state index contributed by atoms with van der Waals surface area (Å²) in [4.78, 5) is 18.5. The van der Waals surface area contributed by atoms with E-state index in [1.165, 1.54) is 0 Å². The fraction of sp³-hybridized carbons (Fsp3) is 0.538. The largest absolute Gasteiger partial charge is 0.358 e. The second-order valence-corrected chi connectivity index (χ2v) is 4.50. The molecule has 5 nitrogen and oxygen atoms in total. The first-order valence-electron chi connectivity index (χ1n) is 6.33. The van der Waals surface area contributed by atoms with E-state index >= 15 is 0 Å². The van der Waals surface area contributed by atoms with E-state index in [2.05, 4.69) is 27.4 Å². The summed E-state index contributed by atoms with van der Waals surface area (Å²) in [6.45, 7) is 4.56. The summed E-state index contributed by atoms with van der Waals surface area (Å²) in [5, 5.41) is 5.99. The molecule has 1 amide bonds. The van der Waals surface area contributed by atoms with E-state index in [1.54, 1.807) is 13.2 Å². The molecule has 98 valence electrons. The van der Waals surface area contributed by atoms with E-state index in [1.807, 2.05) is 18.2 Å². The molecule has 1 fully saturated rings. The lowest BCUT2D eigenvalue weighted by Gasteiger charge is -2.38. The fourth-order valence-corrected chi connectivity index (χ4v) is 2.39. The van der Waals surface area contributed by atoms with Crippen LogP contribution in [0, 0.1) is 0 Å².